The molecule has 0 aromatic carbocycles. The van der Waals surface area contributed by atoms with Crippen molar-refractivity contribution in [2.75, 3.05) is 26.2 Å². The quantitative estimate of drug-likeness (QED) is 0.737. The van der Waals surface area contributed by atoms with Crippen molar-refractivity contribution < 1.29 is 4.79 Å². The third kappa shape index (κ3) is 3.13. The number of aromatic nitrogens is 3. The Morgan fingerprint density at radius 1 is 1.12 bits per heavy atom. The smallest absolute Gasteiger partial charge is 0.255 e. The molecule has 1 aliphatic heterocycles. The van der Waals surface area contributed by atoms with Crippen molar-refractivity contribution in [3.05, 3.63) is 66.4 Å². The van der Waals surface area contributed by atoms with Crippen molar-refractivity contribution in [1.82, 2.24) is 24.2 Å². The maximum absolute atomic E-state index is 12.8. The van der Waals surface area contributed by atoms with Crippen LogP contribution in [0.1, 0.15) is 28.9 Å². The molecule has 0 spiro atoms. The lowest BCUT2D eigenvalue weighted by Gasteiger charge is -2.38. The summed E-state index contributed by atoms with van der Waals surface area (Å²) in [4.78, 5) is 25.5. The van der Waals surface area contributed by atoms with Gasteiger partial charge in [0.25, 0.3) is 5.91 Å². The van der Waals surface area contributed by atoms with Crippen LogP contribution in [0.3, 0.4) is 0 Å². The maximum Gasteiger partial charge on any atom is 0.255 e. The molecule has 0 saturated carbocycles. The van der Waals surface area contributed by atoms with E-state index >= 15 is 0 Å². The zero-order chi connectivity index (χ0) is 17.2. The Balaban J connectivity index is 1.42. The van der Waals surface area contributed by atoms with Crippen LogP contribution in [0.15, 0.2) is 55.2 Å². The predicted octanol–water partition coefficient (Wildman–Crippen LogP) is 2.25. The Morgan fingerprint density at radius 2 is 1.96 bits per heavy atom. The summed E-state index contributed by atoms with van der Waals surface area (Å²) in [5.74, 6) is 0.0873. The highest BCUT2D eigenvalue weighted by Gasteiger charge is 2.25. The minimum atomic E-state index is 0.0873. The Morgan fingerprint density at radius 3 is 2.72 bits per heavy atom. The zero-order valence-electron chi connectivity index (χ0n) is 14.2. The van der Waals surface area contributed by atoms with Gasteiger partial charge in [-0.1, -0.05) is 6.07 Å². The van der Waals surface area contributed by atoms with E-state index in [1.165, 1.54) is 5.56 Å². The molecule has 6 nitrogen and oxygen atoms in total. The number of hydrogen-bond donors (Lipinski definition) is 0. The highest BCUT2D eigenvalue weighted by atomic mass is 16.2. The van der Waals surface area contributed by atoms with E-state index in [1.54, 1.807) is 12.4 Å². The average Bonchev–Trinajstić information content (AvgIpc) is 3.15. The van der Waals surface area contributed by atoms with Gasteiger partial charge in [-0.25, -0.2) is 4.98 Å². The molecule has 1 aliphatic rings. The molecule has 1 unspecified atom stereocenters. The molecule has 0 radical (unpaired) electrons. The summed E-state index contributed by atoms with van der Waals surface area (Å²) < 4.78 is 1.88. The highest BCUT2D eigenvalue weighted by molar-refractivity contribution is 5.94. The summed E-state index contributed by atoms with van der Waals surface area (Å²) in [5, 5.41) is 0. The molecule has 128 valence electrons. The third-order valence-corrected chi connectivity index (χ3v) is 4.95. The van der Waals surface area contributed by atoms with Crippen LogP contribution >= 0.6 is 0 Å². The number of hydrogen-bond acceptors (Lipinski definition) is 4. The number of carbonyl (C=O) groups excluding carboxylic acids is 1. The van der Waals surface area contributed by atoms with Gasteiger partial charge in [0.15, 0.2) is 0 Å². The van der Waals surface area contributed by atoms with Gasteiger partial charge in [-0.3, -0.25) is 14.7 Å². The topological polar surface area (TPSA) is 53.7 Å². The molecule has 3 aromatic heterocycles. The highest BCUT2D eigenvalue weighted by Crippen LogP contribution is 2.21. The van der Waals surface area contributed by atoms with E-state index < -0.39 is 0 Å². The van der Waals surface area contributed by atoms with Gasteiger partial charge in [0.1, 0.15) is 5.65 Å². The second-order valence-corrected chi connectivity index (χ2v) is 6.40. The van der Waals surface area contributed by atoms with E-state index in [0.29, 0.717) is 11.6 Å². The zero-order valence-corrected chi connectivity index (χ0v) is 14.2. The van der Waals surface area contributed by atoms with Crippen LogP contribution in [0.5, 0.6) is 0 Å². The molecule has 25 heavy (non-hydrogen) atoms. The second-order valence-electron chi connectivity index (χ2n) is 6.40. The lowest BCUT2D eigenvalue weighted by atomic mass is 10.1. The Bertz CT molecular complexity index is 868. The number of amides is 1. The monoisotopic (exact) mass is 335 g/mol. The van der Waals surface area contributed by atoms with Crippen LogP contribution < -0.4 is 0 Å². The van der Waals surface area contributed by atoms with Gasteiger partial charge in [-0.15, -0.1) is 0 Å². The Kier molecular flexibility index (Phi) is 4.19. The molecule has 6 heteroatoms. The van der Waals surface area contributed by atoms with E-state index in [2.05, 4.69) is 27.9 Å². The molecule has 4 rings (SSSR count). The van der Waals surface area contributed by atoms with Gasteiger partial charge in [0.2, 0.25) is 0 Å². The Hall–Kier alpha value is -2.73. The summed E-state index contributed by atoms with van der Waals surface area (Å²) in [6.45, 7) is 5.42. The van der Waals surface area contributed by atoms with Crippen molar-refractivity contribution in [1.29, 1.82) is 0 Å². The summed E-state index contributed by atoms with van der Waals surface area (Å²) in [5.41, 5.74) is 2.78. The number of pyridine rings is 2. The minimum Gasteiger partial charge on any atom is -0.336 e. The summed E-state index contributed by atoms with van der Waals surface area (Å²) >= 11 is 0. The maximum atomic E-state index is 12.8. The van der Waals surface area contributed by atoms with Crippen molar-refractivity contribution in [2.45, 2.75) is 13.0 Å². The SMILES string of the molecule is CC(c1cccnc1)N1CCN(C(=O)c2ccc3nccn3c2)CC1. The van der Waals surface area contributed by atoms with Gasteiger partial charge < -0.3 is 9.30 Å². The molecular weight excluding hydrogens is 314 g/mol. The normalized spacial score (nSPS) is 16.9. The molecule has 3 aromatic rings. The molecule has 1 fully saturated rings. The molecule has 0 bridgehead atoms. The van der Waals surface area contributed by atoms with E-state index in [0.717, 1.165) is 31.8 Å². The summed E-state index contributed by atoms with van der Waals surface area (Å²) in [7, 11) is 0. The van der Waals surface area contributed by atoms with Crippen molar-refractivity contribution in [3.63, 3.8) is 0 Å². The van der Waals surface area contributed by atoms with Crippen molar-refractivity contribution >= 4 is 11.6 Å². The first-order valence-electron chi connectivity index (χ1n) is 8.58. The van der Waals surface area contributed by atoms with Gasteiger partial charge in [-0.2, -0.15) is 0 Å². The third-order valence-electron chi connectivity index (χ3n) is 4.95. The fraction of sp³-hybridized carbons (Fsp3) is 0.316. The fourth-order valence-electron chi connectivity index (χ4n) is 3.38. The van der Waals surface area contributed by atoms with Crippen LogP contribution in [0.25, 0.3) is 5.65 Å². The standard InChI is InChI=1S/C19H21N5O/c1-15(16-3-2-6-20-13-16)22-9-11-23(12-10-22)19(25)17-4-5-18-21-7-8-24(18)14-17/h2-8,13-15H,9-12H2,1H3. The van der Waals surface area contributed by atoms with Crippen LogP contribution in [-0.4, -0.2) is 56.3 Å². The van der Waals surface area contributed by atoms with Gasteiger partial charge in [0.05, 0.1) is 5.56 Å². The first kappa shape index (κ1) is 15.8. The van der Waals surface area contributed by atoms with E-state index in [-0.39, 0.29) is 5.91 Å². The number of nitrogens with zero attached hydrogens (tertiary/aromatic N) is 5. The van der Waals surface area contributed by atoms with Crippen molar-refractivity contribution in [2.24, 2.45) is 0 Å². The fourth-order valence-corrected chi connectivity index (χ4v) is 3.38. The number of carbonyl (C=O) groups is 1. The summed E-state index contributed by atoms with van der Waals surface area (Å²) in [6.07, 6.45) is 9.17. The largest absolute Gasteiger partial charge is 0.336 e. The average molecular weight is 335 g/mol. The number of fused-ring (bicyclic) bond motifs is 1. The van der Waals surface area contributed by atoms with E-state index in [1.807, 2.05) is 46.1 Å². The van der Waals surface area contributed by atoms with Gasteiger partial charge >= 0.3 is 0 Å². The molecule has 4 heterocycles. The van der Waals surface area contributed by atoms with Gasteiger partial charge in [-0.05, 0) is 30.7 Å². The van der Waals surface area contributed by atoms with Crippen LogP contribution in [0.2, 0.25) is 0 Å². The number of piperazine rings is 1. The lowest BCUT2D eigenvalue weighted by Crippen LogP contribution is -2.49. The van der Waals surface area contributed by atoms with Crippen LogP contribution in [0, 0.1) is 0 Å². The molecule has 1 atom stereocenters. The van der Waals surface area contributed by atoms with Crippen LogP contribution in [0.4, 0.5) is 0 Å². The molecular formula is C19H21N5O. The van der Waals surface area contributed by atoms with Gasteiger partial charge in [0, 0.05) is 63.2 Å². The molecule has 1 amide bonds. The Labute approximate surface area is 146 Å². The minimum absolute atomic E-state index is 0.0873. The molecule has 0 N–H and O–H groups in total. The van der Waals surface area contributed by atoms with E-state index in [4.69, 9.17) is 0 Å². The van der Waals surface area contributed by atoms with Crippen molar-refractivity contribution in [3.8, 4) is 0 Å². The molecule has 1 saturated heterocycles. The first-order valence-corrected chi connectivity index (χ1v) is 8.58. The predicted molar refractivity (Wildman–Crippen MR) is 95.3 cm³/mol. The lowest BCUT2D eigenvalue weighted by molar-refractivity contribution is 0.0581. The first-order chi connectivity index (χ1) is 12.2. The summed E-state index contributed by atoms with van der Waals surface area (Å²) in [6, 6.07) is 8.13. The molecule has 0 aliphatic carbocycles. The van der Waals surface area contributed by atoms with E-state index in [9.17, 15) is 4.79 Å². The number of rotatable bonds is 3. The second kappa shape index (κ2) is 6.64. The number of imidazole rings is 1. The van der Waals surface area contributed by atoms with Crippen LogP contribution in [-0.2, 0) is 0 Å².